The van der Waals surface area contributed by atoms with Gasteiger partial charge in [0.15, 0.2) is 11.6 Å². The van der Waals surface area contributed by atoms with Gasteiger partial charge in [-0.2, -0.15) is 4.39 Å². The first kappa shape index (κ1) is 17.0. The fraction of sp³-hybridized carbons (Fsp3) is 0.600. The largest absolute Gasteiger partial charge is 0.286 e. The number of quaternary nitrogens is 1. The van der Waals surface area contributed by atoms with Crippen LogP contribution in [0.1, 0.15) is 40.0 Å². The zero-order chi connectivity index (χ0) is 15.3. The van der Waals surface area contributed by atoms with E-state index in [1.54, 1.807) is 0 Å². The Kier molecular flexibility index (Phi) is 5.99. The summed E-state index contributed by atoms with van der Waals surface area (Å²) in [5, 5.41) is 0. The van der Waals surface area contributed by atoms with E-state index in [2.05, 4.69) is 0 Å². The van der Waals surface area contributed by atoms with Gasteiger partial charge in [0.2, 0.25) is 17.3 Å². The lowest BCUT2D eigenvalue weighted by atomic mass is 10.1. The molecule has 0 heterocycles. The Morgan fingerprint density at radius 2 is 1.20 bits per heavy atom. The predicted octanol–water partition coefficient (Wildman–Crippen LogP) is 4.78. The number of halogens is 4. The molecule has 1 aromatic carbocycles. The van der Waals surface area contributed by atoms with Crippen molar-refractivity contribution in [2.24, 2.45) is 0 Å². The van der Waals surface area contributed by atoms with Gasteiger partial charge in [0.25, 0.3) is 0 Å². The van der Waals surface area contributed by atoms with Crippen LogP contribution in [0.4, 0.5) is 23.2 Å². The minimum absolute atomic E-state index is 0.0262. The highest BCUT2D eigenvalue weighted by molar-refractivity contribution is 5.47. The van der Waals surface area contributed by atoms with E-state index in [-0.39, 0.29) is 10.2 Å². The molecule has 0 bridgehead atoms. The number of benzene rings is 1. The summed E-state index contributed by atoms with van der Waals surface area (Å²) < 4.78 is 54.8. The van der Waals surface area contributed by atoms with E-state index in [4.69, 9.17) is 0 Å². The molecule has 5 heteroatoms. The highest BCUT2D eigenvalue weighted by Crippen LogP contribution is 2.33. The van der Waals surface area contributed by atoms with Crippen LogP contribution in [-0.4, -0.2) is 19.6 Å². The SMILES string of the molecule is CCC[N+](CCC)(CCC)c1c(F)cc(F)c(F)c1F. The van der Waals surface area contributed by atoms with Gasteiger partial charge in [-0.15, -0.1) is 0 Å². The minimum Gasteiger partial charge on any atom is -0.286 e. The van der Waals surface area contributed by atoms with E-state index >= 15 is 0 Å². The predicted molar refractivity (Wildman–Crippen MR) is 73.5 cm³/mol. The monoisotopic (exact) mass is 292 g/mol. The van der Waals surface area contributed by atoms with Crippen LogP contribution in [0.25, 0.3) is 0 Å². The fourth-order valence-electron chi connectivity index (χ4n) is 2.95. The first-order valence-corrected chi connectivity index (χ1v) is 7.13. The number of nitrogens with zero attached hydrogens (tertiary/aromatic N) is 1. The summed E-state index contributed by atoms with van der Waals surface area (Å²) >= 11 is 0. The van der Waals surface area contributed by atoms with E-state index in [0.717, 1.165) is 0 Å². The zero-order valence-corrected chi connectivity index (χ0v) is 12.3. The molecule has 0 aromatic heterocycles. The summed E-state index contributed by atoms with van der Waals surface area (Å²) in [5.74, 6) is -5.46. The van der Waals surface area contributed by atoms with Crippen LogP contribution in [0, 0.1) is 23.3 Å². The standard InChI is InChI=1S/C15H22F4N/c1-4-7-20(8-5-2,9-6-3)15-12(17)10-11(16)13(18)14(15)19/h10H,4-9H2,1-3H3/q+1. The molecule has 20 heavy (non-hydrogen) atoms. The average Bonchev–Trinajstić information content (AvgIpc) is 2.37. The topological polar surface area (TPSA) is 0 Å². The molecule has 0 aliphatic heterocycles. The molecule has 0 fully saturated rings. The second kappa shape index (κ2) is 7.07. The average molecular weight is 292 g/mol. The highest BCUT2D eigenvalue weighted by Gasteiger charge is 2.37. The van der Waals surface area contributed by atoms with E-state index in [0.29, 0.717) is 45.0 Å². The van der Waals surface area contributed by atoms with Crippen LogP contribution in [0.15, 0.2) is 6.07 Å². The van der Waals surface area contributed by atoms with Crippen molar-refractivity contribution < 1.29 is 17.6 Å². The number of rotatable bonds is 7. The molecular weight excluding hydrogens is 270 g/mol. The van der Waals surface area contributed by atoms with Gasteiger partial charge in [0.1, 0.15) is 0 Å². The molecule has 0 unspecified atom stereocenters. The van der Waals surface area contributed by atoms with Crippen molar-refractivity contribution in [1.82, 2.24) is 4.48 Å². The summed E-state index contributed by atoms with van der Waals surface area (Å²) in [6.07, 6.45) is 2.12. The Balaban J connectivity index is 3.50. The number of hydrogen-bond acceptors (Lipinski definition) is 0. The molecule has 114 valence electrons. The van der Waals surface area contributed by atoms with Gasteiger partial charge < -0.3 is 0 Å². The van der Waals surface area contributed by atoms with E-state index in [1.165, 1.54) is 0 Å². The van der Waals surface area contributed by atoms with Crippen molar-refractivity contribution in [3.63, 3.8) is 0 Å². The maximum atomic E-state index is 14.1. The molecule has 1 aromatic rings. The van der Waals surface area contributed by atoms with Crippen LogP contribution in [0.3, 0.4) is 0 Å². The lowest BCUT2D eigenvalue weighted by Gasteiger charge is -2.38. The van der Waals surface area contributed by atoms with Gasteiger partial charge in [0, 0.05) is 6.07 Å². The smallest absolute Gasteiger partial charge is 0.225 e. The molecule has 0 amide bonds. The quantitative estimate of drug-likeness (QED) is 0.294. The Morgan fingerprint density at radius 3 is 1.60 bits per heavy atom. The first-order valence-electron chi connectivity index (χ1n) is 7.13. The molecule has 0 atom stereocenters. The second-order valence-corrected chi connectivity index (χ2v) is 5.13. The normalized spacial score (nSPS) is 11.9. The van der Waals surface area contributed by atoms with E-state index in [9.17, 15) is 17.6 Å². The summed E-state index contributed by atoms with van der Waals surface area (Å²) in [5.41, 5.74) is -0.338. The summed E-state index contributed by atoms with van der Waals surface area (Å²) in [6, 6.07) is 0.446. The molecule has 0 radical (unpaired) electrons. The van der Waals surface area contributed by atoms with Gasteiger partial charge in [-0.1, -0.05) is 20.8 Å². The third-order valence-corrected chi connectivity index (χ3v) is 3.52. The van der Waals surface area contributed by atoms with Crippen LogP contribution < -0.4 is 4.48 Å². The van der Waals surface area contributed by atoms with Crippen LogP contribution in [-0.2, 0) is 0 Å². The van der Waals surface area contributed by atoms with Crippen LogP contribution in [0.2, 0.25) is 0 Å². The van der Waals surface area contributed by atoms with E-state index in [1.807, 2.05) is 20.8 Å². The molecule has 0 spiro atoms. The molecule has 0 aliphatic rings. The van der Waals surface area contributed by atoms with Gasteiger partial charge in [-0.3, -0.25) is 4.48 Å². The van der Waals surface area contributed by atoms with Crippen LogP contribution >= 0.6 is 0 Å². The van der Waals surface area contributed by atoms with Gasteiger partial charge in [-0.05, 0) is 19.3 Å². The third-order valence-electron chi connectivity index (χ3n) is 3.52. The Hall–Kier alpha value is -1.10. The van der Waals surface area contributed by atoms with E-state index < -0.39 is 23.3 Å². The van der Waals surface area contributed by atoms with Gasteiger partial charge in [0.05, 0.1) is 19.6 Å². The summed E-state index contributed by atoms with van der Waals surface area (Å²) in [6.45, 7) is 7.23. The van der Waals surface area contributed by atoms with Crippen molar-refractivity contribution in [1.29, 1.82) is 0 Å². The maximum Gasteiger partial charge on any atom is 0.225 e. The zero-order valence-electron chi connectivity index (χ0n) is 12.3. The van der Waals surface area contributed by atoms with Crippen molar-refractivity contribution in [2.45, 2.75) is 40.0 Å². The van der Waals surface area contributed by atoms with Crippen molar-refractivity contribution in [3.05, 3.63) is 29.3 Å². The minimum atomic E-state index is -1.59. The summed E-state index contributed by atoms with van der Waals surface area (Å²) in [7, 11) is 0. The molecular formula is C15H22F4N+. The Morgan fingerprint density at radius 1 is 0.750 bits per heavy atom. The lowest BCUT2D eigenvalue weighted by molar-refractivity contribution is 0.250. The molecule has 0 aliphatic carbocycles. The second-order valence-electron chi connectivity index (χ2n) is 5.13. The molecule has 1 rings (SSSR count). The molecule has 0 saturated heterocycles. The van der Waals surface area contributed by atoms with Gasteiger partial charge >= 0.3 is 0 Å². The highest BCUT2D eigenvalue weighted by atomic mass is 19.2. The van der Waals surface area contributed by atoms with Crippen LogP contribution in [0.5, 0.6) is 0 Å². The van der Waals surface area contributed by atoms with Crippen molar-refractivity contribution in [2.75, 3.05) is 19.6 Å². The van der Waals surface area contributed by atoms with Gasteiger partial charge in [-0.25, -0.2) is 13.2 Å². The Bertz CT molecular complexity index is 443. The maximum absolute atomic E-state index is 14.1. The summed E-state index contributed by atoms with van der Waals surface area (Å²) in [4.78, 5) is 0. The molecule has 0 N–H and O–H groups in total. The van der Waals surface area contributed by atoms with Crippen molar-refractivity contribution >= 4 is 5.69 Å². The molecule has 0 saturated carbocycles. The fourth-order valence-corrected chi connectivity index (χ4v) is 2.95. The lowest BCUT2D eigenvalue weighted by Crippen LogP contribution is -2.52. The first-order chi connectivity index (χ1) is 9.43. The van der Waals surface area contributed by atoms with Crippen molar-refractivity contribution in [3.8, 4) is 0 Å². The Labute approximate surface area is 117 Å². The third kappa shape index (κ3) is 3.14. The molecule has 1 nitrogen and oxygen atoms in total. The number of hydrogen-bond donors (Lipinski definition) is 0.